The van der Waals surface area contributed by atoms with E-state index in [2.05, 4.69) is 10.1 Å². The lowest BCUT2D eigenvalue weighted by molar-refractivity contribution is 0.0595. The lowest BCUT2D eigenvalue weighted by atomic mass is 10.1. The fourth-order valence-corrected chi connectivity index (χ4v) is 1.68. The van der Waals surface area contributed by atoms with E-state index < -0.39 is 17.7 Å². The Hall–Kier alpha value is -2.69. The van der Waals surface area contributed by atoms with Crippen LogP contribution in [0.25, 0.3) is 0 Å². The van der Waals surface area contributed by atoms with Gasteiger partial charge in [0.05, 0.1) is 18.4 Å². The molecule has 0 fully saturated rings. The molecule has 0 radical (unpaired) electrons. The normalized spacial score (nSPS) is 9.90. The highest BCUT2D eigenvalue weighted by atomic mass is 19.1. The second-order valence-electron chi connectivity index (χ2n) is 3.98. The number of hydrogen-bond donors (Lipinski definition) is 1. The topological polar surface area (TPSA) is 55.4 Å². The highest BCUT2D eigenvalue weighted by molar-refractivity contribution is 6.05. The van der Waals surface area contributed by atoms with E-state index in [0.29, 0.717) is 5.56 Å². The van der Waals surface area contributed by atoms with Gasteiger partial charge >= 0.3 is 5.97 Å². The molecule has 1 N–H and O–H groups in total. The molecule has 0 saturated carbocycles. The first-order chi connectivity index (χ1) is 9.63. The molecule has 0 saturated heterocycles. The summed E-state index contributed by atoms with van der Waals surface area (Å²) >= 11 is 0. The average molecular weight is 273 g/mol. The highest BCUT2D eigenvalue weighted by Gasteiger charge is 2.17. The van der Waals surface area contributed by atoms with E-state index in [1.165, 1.54) is 18.2 Å². The van der Waals surface area contributed by atoms with Crippen molar-refractivity contribution in [1.29, 1.82) is 0 Å². The molecule has 2 aromatic carbocycles. The first kappa shape index (κ1) is 13.7. The molecule has 1 amide bonds. The monoisotopic (exact) mass is 273 g/mol. The number of hydrogen-bond acceptors (Lipinski definition) is 3. The fraction of sp³-hybridized carbons (Fsp3) is 0.0667. The zero-order valence-corrected chi connectivity index (χ0v) is 10.7. The number of esters is 1. The molecule has 2 rings (SSSR count). The van der Waals surface area contributed by atoms with Crippen molar-refractivity contribution in [1.82, 2.24) is 0 Å². The van der Waals surface area contributed by atoms with Crippen LogP contribution in [0.2, 0.25) is 0 Å². The summed E-state index contributed by atoms with van der Waals surface area (Å²) in [4.78, 5) is 23.3. The van der Waals surface area contributed by atoms with E-state index in [9.17, 15) is 14.0 Å². The molecule has 0 aliphatic carbocycles. The second-order valence-corrected chi connectivity index (χ2v) is 3.98. The Balaban J connectivity index is 2.26. The number of amides is 1. The van der Waals surface area contributed by atoms with E-state index in [0.717, 1.165) is 7.11 Å². The number of methoxy groups -OCH3 is 1. The van der Waals surface area contributed by atoms with Crippen molar-refractivity contribution in [3.63, 3.8) is 0 Å². The number of halogens is 1. The smallest absolute Gasteiger partial charge is 0.340 e. The van der Waals surface area contributed by atoms with E-state index in [-0.39, 0.29) is 11.3 Å². The molecule has 20 heavy (non-hydrogen) atoms. The Kier molecular flexibility index (Phi) is 4.10. The van der Waals surface area contributed by atoms with Crippen LogP contribution < -0.4 is 5.32 Å². The van der Waals surface area contributed by atoms with Crippen LogP contribution in [0.5, 0.6) is 0 Å². The van der Waals surface area contributed by atoms with Crippen LogP contribution in [-0.4, -0.2) is 19.0 Å². The molecule has 102 valence electrons. The van der Waals surface area contributed by atoms with Crippen LogP contribution in [0, 0.1) is 5.82 Å². The van der Waals surface area contributed by atoms with E-state index >= 15 is 0 Å². The van der Waals surface area contributed by atoms with Crippen LogP contribution in [0.3, 0.4) is 0 Å². The van der Waals surface area contributed by atoms with Crippen molar-refractivity contribution in [3.05, 3.63) is 65.5 Å². The van der Waals surface area contributed by atoms with Gasteiger partial charge in [-0.25, -0.2) is 9.18 Å². The molecule has 0 heterocycles. The molecule has 0 aliphatic rings. The van der Waals surface area contributed by atoms with Gasteiger partial charge in [-0.3, -0.25) is 4.79 Å². The molecule has 0 spiro atoms. The fourth-order valence-electron chi connectivity index (χ4n) is 1.68. The third kappa shape index (κ3) is 2.83. The van der Waals surface area contributed by atoms with Gasteiger partial charge in [-0.2, -0.15) is 0 Å². The number of benzene rings is 2. The lowest BCUT2D eigenvalue weighted by Crippen LogP contribution is -2.14. The molecular weight excluding hydrogens is 261 g/mol. The summed E-state index contributed by atoms with van der Waals surface area (Å²) in [6.45, 7) is 0. The van der Waals surface area contributed by atoms with Gasteiger partial charge in [0.2, 0.25) is 0 Å². The predicted octanol–water partition coefficient (Wildman–Crippen LogP) is 2.86. The van der Waals surface area contributed by atoms with Crippen molar-refractivity contribution in [2.75, 3.05) is 12.4 Å². The Bertz CT molecular complexity index is 641. The van der Waals surface area contributed by atoms with Crippen LogP contribution in [0.1, 0.15) is 20.7 Å². The number of nitrogens with one attached hydrogen (secondary N) is 1. The number of carbonyl (C=O) groups is 2. The second kappa shape index (κ2) is 5.97. The van der Waals surface area contributed by atoms with Gasteiger partial charge in [0.25, 0.3) is 5.91 Å². The first-order valence-corrected chi connectivity index (χ1v) is 5.86. The van der Waals surface area contributed by atoms with Crippen LogP contribution >= 0.6 is 0 Å². The Labute approximate surface area is 115 Å². The Morgan fingerprint density at radius 3 is 2.40 bits per heavy atom. The van der Waals surface area contributed by atoms with Gasteiger partial charge in [-0.15, -0.1) is 0 Å². The van der Waals surface area contributed by atoms with Crippen molar-refractivity contribution in [3.8, 4) is 0 Å². The molecule has 4 nitrogen and oxygen atoms in total. The number of ether oxygens (including phenoxy) is 1. The maximum Gasteiger partial charge on any atom is 0.340 e. The zero-order valence-electron chi connectivity index (χ0n) is 10.7. The first-order valence-electron chi connectivity index (χ1n) is 5.86. The molecule has 0 aliphatic heterocycles. The largest absolute Gasteiger partial charge is 0.465 e. The van der Waals surface area contributed by atoms with Crippen LogP contribution in [-0.2, 0) is 4.74 Å². The minimum atomic E-state index is -0.816. The Morgan fingerprint density at radius 2 is 1.75 bits per heavy atom. The molecule has 0 unspecified atom stereocenters. The van der Waals surface area contributed by atoms with Crippen molar-refractivity contribution < 1.29 is 18.7 Å². The summed E-state index contributed by atoms with van der Waals surface area (Å²) in [5.41, 5.74) is 0.107. The maximum absolute atomic E-state index is 14.1. The summed E-state index contributed by atoms with van der Waals surface area (Å²) in [5, 5.41) is 2.42. The number of rotatable bonds is 3. The van der Waals surface area contributed by atoms with Gasteiger partial charge in [-0.1, -0.05) is 24.3 Å². The van der Waals surface area contributed by atoms with Crippen LogP contribution in [0.15, 0.2) is 48.5 Å². The van der Waals surface area contributed by atoms with Crippen molar-refractivity contribution in [2.24, 2.45) is 0 Å². The third-order valence-electron chi connectivity index (χ3n) is 2.69. The van der Waals surface area contributed by atoms with E-state index in [4.69, 9.17) is 0 Å². The van der Waals surface area contributed by atoms with Gasteiger partial charge in [0, 0.05) is 5.56 Å². The summed E-state index contributed by atoms with van der Waals surface area (Å²) in [7, 11) is 1.16. The SMILES string of the molecule is COC(=O)c1cccc(NC(=O)c2ccccc2)c1F. The summed E-state index contributed by atoms with van der Waals surface area (Å²) in [6.07, 6.45) is 0. The average Bonchev–Trinajstić information content (AvgIpc) is 2.49. The van der Waals surface area contributed by atoms with E-state index in [1.807, 2.05) is 0 Å². The van der Waals surface area contributed by atoms with Gasteiger partial charge in [-0.05, 0) is 24.3 Å². The molecular formula is C15H12FNO3. The molecule has 5 heteroatoms. The molecule has 2 aromatic rings. The zero-order chi connectivity index (χ0) is 14.5. The minimum absolute atomic E-state index is 0.0678. The van der Waals surface area contributed by atoms with Crippen molar-refractivity contribution >= 4 is 17.6 Å². The summed E-state index contributed by atoms with van der Waals surface area (Å²) in [6, 6.07) is 12.5. The standard InChI is InChI=1S/C15H12FNO3/c1-20-15(19)11-8-5-9-12(13(11)16)17-14(18)10-6-3-2-4-7-10/h2-9H,1H3,(H,17,18). The predicted molar refractivity (Wildman–Crippen MR) is 72.1 cm³/mol. The molecule has 0 bridgehead atoms. The van der Waals surface area contributed by atoms with Crippen LogP contribution in [0.4, 0.5) is 10.1 Å². The van der Waals surface area contributed by atoms with E-state index in [1.54, 1.807) is 30.3 Å². The highest BCUT2D eigenvalue weighted by Crippen LogP contribution is 2.19. The third-order valence-corrected chi connectivity index (χ3v) is 2.69. The van der Waals surface area contributed by atoms with Gasteiger partial charge in [0.1, 0.15) is 0 Å². The molecule has 0 aromatic heterocycles. The maximum atomic E-state index is 14.1. The quantitative estimate of drug-likeness (QED) is 0.875. The van der Waals surface area contributed by atoms with Gasteiger partial charge < -0.3 is 10.1 Å². The molecule has 0 atom stereocenters. The minimum Gasteiger partial charge on any atom is -0.465 e. The number of carbonyl (C=O) groups excluding carboxylic acids is 2. The number of anilines is 1. The lowest BCUT2D eigenvalue weighted by Gasteiger charge is -2.08. The Morgan fingerprint density at radius 1 is 1.05 bits per heavy atom. The summed E-state index contributed by atoms with van der Waals surface area (Å²) < 4.78 is 18.5. The van der Waals surface area contributed by atoms with Gasteiger partial charge in [0.15, 0.2) is 5.82 Å². The van der Waals surface area contributed by atoms with Crippen molar-refractivity contribution in [2.45, 2.75) is 0 Å². The summed E-state index contributed by atoms with van der Waals surface area (Å²) in [5.74, 6) is -2.06.